The zero-order valence-corrected chi connectivity index (χ0v) is 12.0. The van der Waals surface area contributed by atoms with Crippen LogP contribution in [0.4, 0.5) is 5.69 Å². The summed E-state index contributed by atoms with van der Waals surface area (Å²) in [6.45, 7) is 5.28. The monoisotopic (exact) mass is 292 g/mol. The van der Waals surface area contributed by atoms with Crippen LogP contribution in [0.15, 0.2) is 12.1 Å². The second-order valence-electron chi connectivity index (χ2n) is 5.45. The number of nitrogen functional groups attached to an aromatic ring is 1. The molecule has 0 fully saturated rings. The van der Waals surface area contributed by atoms with Crippen molar-refractivity contribution in [2.75, 3.05) is 5.73 Å². The Morgan fingerprint density at radius 2 is 1.56 bits per heavy atom. The van der Waals surface area contributed by atoms with E-state index in [1.807, 2.05) is 0 Å². The van der Waals surface area contributed by atoms with E-state index < -0.39 is 17.2 Å². The summed E-state index contributed by atoms with van der Waals surface area (Å²) in [5.41, 5.74) is 9.27. The van der Waals surface area contributed by atoms with E-state index in [1.54, 1.807) is 20.8 Å². The second-order valence-corrected chi connectivity index (χ2v) is 6.26. The number of hydrogen-bond donors (Lipinski definition) is 4. The van der Waals surface area contributed by atoms with Crippen molar-refractivity contribution in [2.45, 2.75) is 32.6 Å². The summed E-state index contributed by atoms with van der Waals surface area (Å²) in [6.07, 6.45) is -1.19. The number of aliphatic hydroxyl groups excluding tert-OH is 1. The van der Waals surface area contributed by atoms with Gasteiger partial charge in [0.25, 0.3) is 0 Å². The molecule has 0 radical (unpaired) electrons. The van der Waals surface area contributed by atoms with Gasteiger partial charge in [-0.05, 0) is 17.5 Å². The van der Waals surface area contributed by atoms with E-state index in [4.69, 9.17) is 34.7 Å². The highest BCUT2D eigenvalue weighted by Crippen LogP contribution is 2.36. The van der Waals surface area contributed by atoms with Gasteiger partial charge in [-0.3, -0.25) is 5.73 Å². The summed E-state index contributed by atoms with van der Waals surface area (Å²) in [5.74, 6) is 0. The minimum absolute atomic E-state index is 0.183. The van der Waals surface area contributed by atoms with Gasteiger partial charge in [-0.2, -0.15) is 0 Å². The molecule has 0 saturated carbocycles. The first kappa shape index (κ1) is 15.5. The number of benzene rings is 1. The fourth-order valence-electron chi connectivity index (χ4n) is 1.63. The molecule has 1 rings (SSSR count). The van der Waals surface area contributed by atoms with Crippen molar-refractivity contribution in [3.63, 3.8) is 0 Å². The van der Waals surface area contributed by atoms with Crippen molar-refractivity contribution >= 4 is 28.9 Å². The number of anilines is 1. The first-order chi connectivity index (χ1) is 7.98. The molecular formula is C12H18Cl2N2O2. The normalized spacial score (nSPS) is 17.3. The SMILES string of the molecule is CC(C)(C)C(O)C(N)(O)c1cc(Cl)c(N)c(Cl)c1. The molecule has 18 heavy (non-hydrogen) atoms. The van der Waals surface area contributed by atoms with Gasteiger partial charge in [-0.15, -0.1) is 0 Å². The molecule has 102 valence electrons. The predicted octanol–water partition coefficient (Wildman–Crippen LogP) is 2.09. The summed E-state index contributed by atoms with van der Waals surface area (Å²) in [4.78, 5) is 0. The van der Waals surface area contributed by atoms with Gasteiger partial charge in [0.15, 0.2) is 5.72 Å². The maximum Gasteiger partial charge on any atom is 0.166 e. The van der Waals surface area contributed by atoms with Crippen LogP contribution in [-0.2, 0) is 5.72 Å². The third kappa shape index (κ3) is 2.90. The molecule has 2 unspecified atom stereocenters. The molecule has 0 saturated heterocycles. The molecule has 0 aliphatic carbocycles. The molecule has 0 heterocycles. The minimum Gasteiger partial charge on any atom is -0.396 e. The molecular weight excluding hydrogens is 275 g/mol. The molecule has 2 atom stereocenters. The van der Waals surface area contributed by atoms with Crippen LogP contribution < -0.4 is 11.5 Å². The van der Waals surface area contributed by atoms with E-state index in [1.165, 1.54) is 12.1 Å². The molecule has 6 heteroatoms. The minimum atomic E-state index is -1.96. The number of aliphatic hydroxyl groups is 2. The van der Waals surface area contributed by atoms with Crippen molar-refractivity contribution in [3.05, 3.63) is 27.7 Å². The van der Waals surface area contributed by atoms with Crippen molar-refractivity contribution in [3.8, 4) is 0 Å². The summed E-state index contributed by atoms with van der Waals surface area (Å²) >= 11 is 11.8. The number of rotatable bonds is 2. The average Bonchev–Trinajstić information content (AvgIpc) is 2.22. The van der Waals surface area contributed by atoms with Crippen LogP contribution in [0.1, 0.15) is 26.3 Å². The van der Waals surface area contributed by atoms with Gasteiger partial charge in [0.1, 0.15) is 6.10 Å². The highest BCUT2D eigenvalue weighted by molar-refractivity contribution is 6.38. The quantitative estimate of drug-likeness (QED) is 0.496. The molecule has 0 aliphatic heterocycles. The van der Waals surface area contributed by atoms with Crippen LogP contribution in [0.25, 0.3) is 0 Å². The van der Waals surface area contributed by atoms with Gasteiger partial charge in [0.05, 0.1) is 15.7 Å². The van der Waals surface area contributed by atoms with Gasteiger partial charge in [-0.1, -0.05) is 44.0 Å². The van der Waals surface area contributed by atoms with E-state index in [9.17, 15) is 10.2 Å². The standard InChI is InChI=1S/C12H18Cl2N2O2/c1-11(2,3)10(17)12(16,18)6-4-7(13)9(15)8(14)5-6/h4-5,10,17-18H,15-16H2,1-3H3. The summed E-state index contributed by atoms with van der Waals surface area (Å²) in [6, 6.07) is 2.80. The van der Waals surface area contributed by atoms with Gasteiger partial charge >= 0.3 is 0 Å². The smallest absolute Gasteiger partial charge is 0.166 e. The average molecular weight is 293 g/mol. The van der Waals surface area contributed by atoms with Crippen LogP contribution in [-0.4, -0.2) is 16.3 Å². The van der Waals surface area contributed by atoms with Gasteiger partial charge in [0.2, 0.25) is 0 Å². The lowest BCUT2D eigenvalue weighted by atomic mass is 9.80. The molecule has 0 spiro atoms. The number of nitrogens with two attached hydrogens (primary N) is 2. The van der Waals surface area contributed by atoms with Gasteiger partial charge < -0.3 is 15.9 Å². The molecule has 6 N–H and O–H groups in total. The molecule has 0 aromatic heterocycles. The molecule has 0 aliphatic rings. The Hall–Kier alpha value is -0.520. The summed E-state index contributed by atoms with van der Waals surface area (Å²) in [5, 5.41) is 20.8. The van der Waals surface area contributed by atoms with Crippen molar-refractivity contribution in [1.29, 1.82) is 0 Å². The summed E-state index contributed by atoms with van der Waals surface area (Å²) in [7, 11) is 0. The van der Waals surface area contributed by atoms with Crippen LogP contribution >= 0.6 is 23.2 Å². The maximum atomic E-state index is 10.3. The van der Waals surface area contributed by atoms with E-state index in [-0.39, 0.29) is 21.3 Å². The molecule has 0 amide bonds. The Kier molecular flexibility index (Phi) is 4.20. The lowest BCUT2D eigenvalue weighted by molar-refractivity contribution is -0.123. The zero-order chi connectivity index (χ0) is 14.3. The molecule has 1 aromatic carbocycles. The zero-order valence-electron chi connectivity index (χ0n) is 10.5. The van der Waals surface area contributed by atoms with Crippen LogP contribution in [0, 0.1) is 5.41 Å². The Balaban J connectivity index is 3.29. The Bertz CT molecular complexity index is 433. The predicted molar refractivity (Wildman–Crippen MR) is 74.4 cm³/mol. The van der Waals surface area contributed by atoms with Crippen molar-refractivity contribution in [1.82, 2.24) is 0 Å². The van der Waals surface area contributed by atoms with Crippen molar-refractivity contribution < 1.29 is 10.2 Å². The lowest BCUT2D eigenvalue weighted by Crippen LogP contribution is -2.53. The van der Waals surface area contributed by atoms with Crippen LogP contribution in [0.5, 0.6) is 0 Å². The highest BCUT2D eigenvalue weighted by Gasteiger charge is 2.41. The molecule has 0 bridgehead atoms. The first-order valence-electron chi connectivity index (χ1n) is 5.42. The van der Waals surface area contributed by atoms with Gasteiger partial charge in [0, 0.05) is 5.56 Å². The fraction of sp³-hybridized carbons (Fsp3) is 0.500. The second kappa shape index (κ2) is 4.87. The highest BCUT2D eigenvalue weighted by atomic mass is 35.5. The first-order valence-corrected chi connectivity index (χ1v) is 6.18. The number of halogens is 2. The topological polar surface area (TPSA) is 92.5 Å². The largest absolute Gasteiger partial charge is 0.396 e. The Labute approximate surface area is 116 Å². The maximum absolute atomic E-state index is 10.3. The van der Waals surface area contributed by atoms with E-state index in [0.29, 0.717) is 0 Å². The van der Waals surface area contributed by atoms with E-state index >= 15 is 0 Å². The van der Waals surface area contributed by atoms with Crippen LogP contribution in [0.3, 0.4) is 0 Å². The van der Waals surface area contributed by atoms with Crippen molar-refractivity contribution in [2.24, 2.45) is 11.1 Å². The van der Waals surface area contributed by atoms with E-state index in [2.05, 4.69) is 0 Å². The summed E-state index contributed by atoms with van der Waals surface area (Å²) < 4.78 is 0. The Morgan fingerprint density at radius 3 is 1.89 bits per heavy atom. The molecule has 4 nitrogen and oxygen atoms in total. The fourth-order valence-corrected chi connectivity index (χ4v) is 2.12. The van der Waals surface area contributed by atoms with Gasteiger partial charge in [-0.25, -0.2) is 0 Å². The van der Waals surface area contributed by atoms with Crippen LogP contribution in [0.2, 0.25) is 10.0 Å². The molecule has 1 aromatic rings. The third-order valence-electron chi connectivity index (χ3n) is 2.78. The number of hydrogen-bond acceptors (Lipinski definition) is 4. The Morgan fingerprint density at radius 1 is 1.17 bits per heavy atom. The third-order valence-corrected chi connectivity index (χ3v) is 3.40. The lowest BCUT2D eigenvalue weighted by Gasteiger charge is -2.37. The van der Waals surface area contributed by atoms with E-state index in [0.717, 1.165) is 0 Å².